The van der Waals surface area contributed by atoms with E-state index in [0.29, 0.717) is 6.61 Å². The van der Waals surface area contributed by atoms with Gasteiger partial charge in [-0.15, -0.1) is 0 Å². The van der Waals surface area contributed by atoms with Crippen molar-refractivity contribution in [1.29, 1.82) is 0 Å². The zero-order valence-electron chi connectivity index (χ0n) is 8.49. The normalized spacial score (nSPS) is 10.1. The summed E-state index contributed by atoms with van der Waals surface area (Å²) in [5.74, 6) is 0.569. The maximum Gasteiger partial charge on any atom is 0.123 e. The molecule has 0 unspecified atom stereocenters. The SMILES string of the molecule is Fc1cccc(COc2cccc(I)c2)c1. The molecule has 0 fully saturated rings. The van der Waals surface area contributed by atoms with Crippen LogP contribution in [0, 0.1) is 9.39 Å². The highest BCUT2D eigenvalue weighted by Crippen LogP contribution is 2.16. The fraction of sp³-hybridized carbons (Fsp3) is 0.0769. The third-order valence-corrected chi connectivity index (χ3v) is 2.76. The molecule has 0 aliphatic rings. The predicted octanol–water partition coefficient (Wildman–Crippen LogP) is 4.01. The summed E-state index contributed by atoms with van der Waals surface area (Å²) in [5, 5.41) is 0. The molecule has 0 radical (unpaired) electrons. The van der Waals surface area contributed by atoms with E-state index in [-0.39, 0.29) is 5.82 Å². The Morgan fingerprint density at radius 1 is 1.06 bits per heavy atom. The first kappa shape index (κ1) is 11.4. The average Bonchev–Trinajstić information content (AvgIpc) is 2.27. The highest BCUT2D eigenvalue weighted by atomic mass is 127. The van der Waals surface area contributed by atoms with E-state index in [0.717, 1.165) is 14.9 Å². The van der Waals surface area contributed by atoms with Gasteiger partial charge in [-0.1, -0.05) is 18.2 Å². The monoisotopic (exact) mass is 328 g/mol. The maximum absolute atomic E-state index is 12.9. The van der Waals surface area contributed by atoms with Gasteiger partial charge >= 0.3 is 0 Å². The van der Waals surface area contributed by atoms with Crippen molar-refractivity contribution in [3.05, 3.63) is 63.5 Å². The van der Waals surface area contributed by atoms with Crippen molar-refractivity contribution >= 4 is 22.6 Å². The number of benzene rings is 2. The summed E-state index contributed by atoms with van der Waals surface area (Å²) in [7, 11) is 0. The summed E-state index contributed by atoms with van der Waals surface area (Å²) in [6, 6.07) is 14.2. The van der Waals surface area contributed by atoms with E-state index in [4.69, 9.17) is 4.74 Å². The van der Waals surface area contributed by atoms with E-state index < -0.39 is 0 Å². The molecule has 2 aromatic carbocycles. The summed E-state index contributed by atoms with van der Waals surface area (Å²) < 4.78 is 19.6. The fourth-order valence-electron chi connectivity index (χ4n) is 1.35. The summed E-state index contributed by atoms with van der Waals surface area (Å²) in [5.41, 5.74) is 0.832. The summed E-state index contributed by atoms with van der Waals surface area (Å²) in [4.78, 5) is 0. The molecule has 2 rings (SSSR count). The fourth-order valence-corrected chi connectivity index (χ4v) is 1.86. The van der Waals surface area contributed by atoms with Crippen LogP contribution < -0.4 is 4.74 Å². The van der Waals surface area contributed by atoms with Crippen LogP contribution in [0.15, 0.2) is 48.5 Å². The van der Waals surface area contributed by atoms with Crippen molar-refractivity contribution < 1.29 is 9.13 Å². The molecular formula is C13H10FIO. The molecule has 0 saturated carbocycles. The smallest absolute Gasteiger partial charge is 0.123 e. The second kappa shape index (κ2) is 5.30. The van der Waals surface area contributed by atoms with Crippen molar-refractivity contribution in [2.24, 2.45) is 0 Å². The first-order valence-electron chi connectivity index (χ1n) is 4.87. The van der Waals surface area contributed by atoms with Crippen molar-refractivity contribution in [3.63, 3.8) is 0 Å². The first-order chi connectivity index (χ1) is 7.74. The van der Waals surface area contributed by atoms with Gasteiger partial charge in [-0.25, -0.2) is 4.39 Å². The highest BCUT2D eigenvalue weighted by Gasteiger charge is 1.98. The molecule has 0 saturated heterocycles. The standard InChI is InChI=1S/C13H10FIO/c14-11-4-1-3-10(7-11)9-16-13-6-2-5-12(15)8-13/h1-8H,9H2. The van der Waals surface area contributed by atoms with Crippen LogP contribution >= 0.6 is 22.6 Å². The number of rotatable bonds is 3. The zero-order valence-corrected chi connectivity index (χ0v) is 10.6. The molecule has 0 bridgehead atoms. The van der Waals surface area contributed by atoms with Crippen LogP contribution in [0.5, 0.6) is 5.75 Å². The topological polar surface area (TPSA) is 9.23 Å². The Hall–Kier alpha value is -1.10. The summed E-state index contributed by atoms with van der Waals surface area (Å²) in [6.45, 7) is 0.387. The predicted molar refractivity (Wildman–Crippen MR) is 69.9 cm³/mol. The Kier molecular flexibility index (Phi) is 3.77. The minimum atomic E-state index is -0.233. The number of ether oxygens (including phenoxy) is 1. The Morgan fingerprint density at radius 2 is 1.88 bits per heavy atom. The zero-order chi connectivity index (χ0) is 11.4. The molecule has 0 aromatic heterocycles. The van der Waals surface area contributed by atoms with Crippen LogP contribution in [0.4, 0.5) is 4.39 Å². The molecule has 0 spiro atoms. The van der Waals surface area contributed by atoms with Gasteiger partial charge in [-0.05, 0) is 58.5 Å². The van der Waals surface area contributed by atoms with E-state index in [2.05, 4.69) is 22.6 Å². The Labute approximate surface area is 107 Å². The lowest BCUT2D eigenvalue weighted by Crippen LogP contribution is -1.95. The van der Waals surface area contributed by atoms with E-state index >= 15 is 0 Å². The first-order valence-corrected chi connectivity index (χ1v) is 5.95. The van der Waals surface area contributed by atoms with Crippen molar-refractivity contribution in [1.82, 2.24) is 0 Å². The number of hydrogen-bond acceptors (Lipinski definition) is 1. The number of halogens is 2. The van der Waals surface area contributed by atoms with Crippen LogP contribution in [0.25, 0.3) is 0 Å². The minimum absolute atomic E-state index is 0.233. The van der Waals surface area contributed by atoms with Gasteiger partial charge in [0.15, 0.2) is 0 Å². The maximum atomic E-state index is 12.9. The molecule has 0 atom stereocenters. The largest absolute Gasteiger partial charge is 0.489 e. The molecule has 16 heavy (non-hydrogen) atoms. The summed E-state index contributed by atoms with van der Waals surface area (Å²) >= 11 is 2.23. The van der Waals surface area contributed by atoms with Gasteiger partial charge in [0.2, 0.25) is 0 Å². The van der Waals surface area contributed by atoms with Gasteiger partial charge in [-0.2, -0.15) is 0 Å². The van der Waals surface area contributed by atoms with Crippen LogP contribution in [0.3, 0.4) is 0 Å². The van der Waals surface area contributed by atoms with Gasteiger partial charge in [0.05, 0.1) is 0 Å². The summed E-state index contributed by atoms with van der Waals surface area (Å²) in [6.07, 6.45) is 0. The molecule has 0 heterocycles. The highest BCUT2D eigenvalue weighted by molar-refractivity contribution is 14.1. The van der Waals surface area contributed by atoms with Crippen molar-refractivity contribution in [3.8, 4) is 5.75 Å². The quantitative estimate of drug-likeness (QED) is 0.774. The molecule has 0 aliphatic heterocycles. The lowest BCUT2D eigenvalue weighted by atomic mass is 10.2. The van der Waals surface area contributed by atoms with Crippen LogP contribution in [-0.2, 0) is 6.61 Å². The lowest BCUT2D eigenvalue weighted by molar-refractivity contribution is 0.305. The van der Waals surface area contributed by atoms with E-state index in [9.17, 15) is 4.39 Å². The van der Waals surface area contributed by atoms with Gasteiger partial charge in [0.1, 0.15) is 18.2 Å². The Balaban J connectivity index is 2.02. The molecule has 82 valence electrons. The van der Waals surface area contributed by atoms with E-state index in [1.807, 2.05) is 30.3 Å². The Bertz CT molecular complexity index is 439. The molecule has 2 aromatic rings. The lowest BCUT2D eigenvalue weighted by Gasteiger charge is -2.06. The van der Waals surface area contributed by atoms with Gasteiger partial charge in [0, 0.05) is 3.57 Å². The van der Waals surface area contributed by atoms with E-state index in [1.54, 1.807) is 6.07 Å². The number of hydrogen-bond donors (Lipinski definition) is 0. The average molecular weight is 328 g/mol. The van der Waals surface area contributed by atoms with Crippen LogP contribution in [0.2, 0.25) is 0 Å². The van der Waals surface area contributed by atoms with Crippen molar-refractivity contribution in [2.75, 3.05) is 0 Å². The van der Waals surface area contributed by atoms with Crippen LogP contribution in [-0.4, -0.2) is 0 Å². The second-order valence-corrected chi connectivity index (χ2v) is 4.62. The Morgan fingerprint density at radius 3 is 2.62 bits per heavy atom. The van der Waals surface area contributed by atoms with Gasteiger partial charge < -0.3 is 4.74 Å². The molecule has 1 nitrogen and oxygen atoms in total. The molecule has 0 N–H and O–H groups in total. The second-order valence-electron chi connectivity index (χ2n) is 3.38. The third kappa shape index (κ3) is 3.20. The van der Waals surface area contributed by atoms with Crippen LogP contribution in [0.1, 0.15) is 5.56 Å². The van der Waals surface area contributed by atoms with E-state index in [1.165, 1.54) is 12.1 Å². The molecule has 3 heteroatoms. The third-order valence-electron chi connectivity index (χ3n) is 2.09. The van der Waals surface area contributed by atoms with Gasteiger partial charge in [-0.3, -0.25) is 0 Å². The molecule has 0 aliphatic carbocycles. The molecule has 0 amide bonds. The molecular weight excluding hydrogens is 318 g/mol. The minimum Gasteiger partial charge on any atom is -0.489 e. The van der Waals surface area contributed by atoms with Crippen molar-refractivity contribution in [2.45, 2.75) is 6.61 Å². The van der Waals surface area contributed by atoms with Gasteiger partial charge in [0.25, 0.3) is 0 Å².